The lowest BCUT2D eigenvalue weighted by Gasteiger charge is -2.07. The van der Waals surface area contributed by atoms with E-state index in [2.05, 4.69) is 10.6 Å². The van der Waals surface area contributed by atoms with Gasteiger partial charge in [0, 0.05) is 12.7 Å². The van der Waals surface area contributed by atoms with Crippen LogP contribution in [0.1, 0.15) is 15.9 Å². The lowest BCUT2D eigenvalue weighted by Crippen LogP contribution is -2.19. The largest absolute Gasteiger partial charge is 0.507 e. The summed E-state index contributed by atoms with van der Waals surface area (Å²) in [6.45, 7) is 0. The third-order valence-electron chi connectivity index (χ3n) is 3.00. The molecule has 2 aromatic rings. The van der Waals surface area contributed by atoms with Crippen molar-refractivity contribution in [2.24, 2.45) is 0 Å². The number of phenols is 1. The zero-order chi connectivity index (χ0) is 15.2. The van der Waals surface area contributed by atoms with Crippen molar-refractivity contribution in [1.29, 1.82) is 0 Å². The van der Waals surface area contributed by atoms with E-state index in [1.807, 2.05) is 0 Å². The van der Waals surface area contributed by atoms with Gasteiger partial charge >= 0.3 is 0 Å². The number of para-hydroxylation sites is 1. The van der Waals surface area contributed by atoms with Crippen molar-refractivity contribution in [2.75, 3.05) is 12.4 Å². The average molecular weight is 284 g/mol. The minimum Gasteiger partial charge on any atom is -0.507 e. The van der Waals surface area contributed by atoms with Crippen LogP contribution in [0.4, 0.5) is 5.69 Å². The first-order valence-corrected chi connectivity index (χ1v) is 6.49. The second kappa shape index (κ2) is 6.56. The monoisotopic (exact) mass is 284 g/mol. The van der Waals surface area contributed by atoms with Crippen molar-refractivity contribution in [3.05, 3.63) is 59.7 Å². The molecule has 0 aliphatic carbocycles. The van der Waals surface area contributed by atoms with Gasteiger partial charge < -0.3 is 15.7 Å². The van der Waals surface area contributed by atoms with E-state index in [-0.39, 0.29) is 23.1 Å². The fourth-order valence-corrected chi connectivity index (χ4v) is 1.84. The highest BCUT2D eigenvalue weighted by molar-refractivity contribution is 6.06. The maximum absolute atomic E-state index is 12.0. The molecule has 2 amide bonds. The zero-order valence-electron chi connectivity index (χ0n) is 11.6. The van der Waals surface area contributed by atoms with Crippen LogP contribution in [-0.4, -0.2) is 24.0 Å². The maximum Gasteiger partial charge on any atom is 0.259 e. The van der Waals surface area contributed by atoms with E-state index in [1.165, 1.54) is 6.07 Å². The third kappa shape index (κ3) is 3.82. The van der Waals surface area contributed by atoms with Crippen LogP contribution in [0.5, 0.6) is 5.75 Å². The van der Waals surface area contributed by atoms with Gasteiger partial charge in [-0.15, -0.1) is 0 Å². The van der Waals surface area contributed by atoms with Crippen molar-refractivity contribution < 1.29 is 14.7 Å². The molecule has 0 aliphatic rings. The van der Waals surface area contributed by atoms with Gasteiger partial charge in [-0.2, -0.15) is 0 Å². The number of rotatable bonds is 4. The molecule has 0 unspecified atom stereocenters. The van der Waals surface area contributed by atoms with Gasteiger partial charge in [0.05, 0.1) is 12.0 Å². The lowest BCUT2D eigenvalue weighted by atomic mass is 10.1. The Morgan fingerprint density at radius 2 is 1.71 bits per heavy atom. The SMILES string of the molecule is CNC(=O)Cc1ccc(NC(=O)c2ccccc2O)cc1. The summed E-state index contributed by atoms with van der Waals surface area (Å²) in [5, 5.41) is 14.9. The number of amides is 2. The summed E-state index contributed by atoms with van der Waals surface area (Å²) < 4.78 is 0. The number of hydrogen-bond donors (Lipinski definition) is 3. The van der Waals surface area contributed by atoms with Crippen LogP contribution in [0.3, 0.4) is 0 Å². The standard InChI is InChI=1S/C16H16N2O3/c1-17-15(20)10-11-6-8-12(9-7-11)18-16(21)13-4-2-3-5-14(13)19/h2-9,19H,10H2,1H3,(H,17,20)(H,18,21). The van der Waals surface area contributed by atoms with Gasteiger partial charge in [-0.05, 0) is 29.8 Å². The molecule has 0 bridgehead atoms. The van der Waals surface area contributed by atoms with Gasteiger partial charge in [-0.25, -0.2) is 0 Å². The van der Waals surface area contributed by atoms with E-state index >= 15 is 0 Å². The Morgan fingerprint density at radius 3 is 2.33 bits per heavy atom. The first kappa shape index (κ1) is 14.6. The summed E-state index contributed by atoms with van der Waals surface area (Å²) in [7, 11) is 1.59. The Balaban J connectivity index is 2.05. The first-order valence-electron chi connectivity index (χ1n) is 6.49. The number of nitrogens with one attached hydrogen (secondary N) is 2. The van der Waals surface area contributed by atoms with E-state index in [4.69, 9.17) is 0 Å². The molecule has 2 rings (SSSR count). The van der Waals surface area contributed by atoms with Gasteiger partial charge in [0.2, 0.25) is 5.91 Å². The number of hydrogen-bond acceptors (Lipinski definition) is 3. The highest BCUT2D eigenvalue weighted by atomic mass is 16.3. The van der Waals surface area contributed by atoms with Crippen LogP contribution in [0.15, 0.2) is 48.5 Å². The van der Waals surface area contributed by atoms with Crippen LogP contribution in [0.25, 0.3) is 0 Å². The van der Waals surface area contributed by atoms with Crippen molar-refractivity contribution >= 4 is 17.5 Å². The fourth-order valence-electron chi connectivity index (χ4n) is 1.84. The molecule has 0 spiro atoms. The lowest BCUT2D eigenvalue weighted by molar-refractivity contribution is -0.119. The predicted molar refractivity (Wildman–Crippen MR) is 80.3 cm³/mol. The molecular formula is C16H16N2O3. The Morgan fingerprint density at radius 1 is 1.05 bits per heavy atom. The molecule has 5 heteroatoms. The second-order valence-electron chi connectivity index (χ2n) is 4.52. The highest BCUT2D eigenvalue weighted by Crippen LogP contribution is 2.18. The van der Waals surface area contributed by atoms with Crippen LogP contribution in [0.2, 0.25) is 0 Å². The summed E-state index contributed by atoms with van der Waals surface area (Å²) in [4.78, 5) is 23.3. The summed E-state index contributed by atoms with van der Waals surface area (Å²) in [5.41, 5.74) is 1.67. The number of likely N-dealkylation sites (N-methyl/N-ethyl adjacent to an activating group) is 1. The van der Waals surface area contributed by atoms with Crippen molar-refractivity contribution in [2.45, 2.75) is 6.42 Å². The van der Waals surface area contributed by atoms with E-state index in [9.17, 15) is 14.7 Å². The minimum absolute atomic E-state index is 0.0637. The van der Waals surface area contributed by atoms with Gasteiger partial charge in [-0.3, -0.25) is 9.59 Å². The molecule has 0 heterocycles. The molecule has 108 valence electrons. The van der Waals surface area contributed by atoms with Gasteiger partial charge in [0.25, 0.3) is 5.91 Å². The van der Waals surface area contributed by atoms with Gasteiger partial charge in [0.15, 0.2) is 0 Å². The Labute approximate surface area is 122 Å². The summed E-state index contributed by atoms with van der Waals surface area (Å²) in [6.07, 6.45) is 0.296. The van der Waals surface area contributed by atoms with Crippen LogP contribution in [0, 0.1) is 0 Å². The molecule has 2 aromatic carbocycles. The third-order valence-corrected chi connectivity index (χ3v) is 3.00. The maximum atomic E-state index is 12.0. The molecule has 0 aliphatic heterocycles. The summed E-state index contributed by atoms with van der Waals surface area (Å²) in [6, 6.07) is 13.3. The fraction of sp³-hybridized carbons (Fsp3) is 0.125. The van der Waals surface area contributed by atoms with Crippen molar-refractivity contribution in [3.63, 3.8) is 0 Å². The number of carbonyl (C=O) groups excluding carboxylic acids is 2. The van der Waals surface area contributed by atoms with Crippen LogP contribution in [-0.2, 0) is 11.2 Å². The molecule has 21 heavy (non-hydrogen) atoms. The normalized spacial score (nSPS) is 9.95. The van der Waals surface area contributed by atoms with Crippen LogP contribution < -0.4 is 10.6 Å². The van der Waals surface area contributed by atoms with Gasteiger partial charge in [-0.1, -0.05) is 24.3 Å². The number of carbonyl (C=O) groups is 2. The predicted octanol–water partition coefficient (Wildman–Crippen LogP) is 1.93. The number of phenolic OH excluding ortho intramolecular Hbond substituents is 1. The molecule has 0 saturated carbocycles. The number of aromatic hydroxyl groups is 1. The van der Waals surface area contributed by atoms with Crippen molar-refractivity contribution in [1.82, 2.24) is 5.32 Å². The average Bonchev–Trinajstić information content (AvgIpc) is 2.49. The minimum atomic E-state index is -0.382. The highest BCUT2D eigenvalue weighted by Gasteiger charge is 2.10. The topological polar surface area (TPSA) is 78.4 Å². The Bertz CT molecular complexity index is 651. The molecule has 3 N–H and O–H groups in total. The van der Waals surface area contributed by atoms with Crippen molar-refractivity contribution in [3.8, 4) is 5.75 Å². The van der Waals surface area contributed by atoms with Crippen LogP contribution >= 0.6 is 0 Å². The Hall–Kier alpha value is -2.82. The van der Waals surface area contributed by atoms with E-state index in [1.54, 1.807) is 49.5 Å². The summed E-state index contributed by atoms with van der Waals surface area (Å²) >= 11 is 0. The molecule has 0 aromatic heterocycles. The molecule has 0 radical (unpaired) electrons. The molecule has 0 atom stereocenters. The van der Waals surface area contributed by atoms with E-state index in [0.29, 0.717) is 12.1 Å². The second-order valence-corrected chi connectivity index (χ2v) is 4.52. The van der Waals surface area contributed by atoms with E-state index in [0.717, 1.165) is 5.56 Å². The summed E-state index contributed by atoms with van der Waals surface area (Å²) in [5.74, 6) is -0.514. The quantitative estimate of drug-likeness (QED) is 0.802. The molecule has 0 saturated heterocycles. The Kier molecular flexibility index (Phi) is 4.56. The number of anilines is 1. The molecular weight excluding hydrogens is 268 g/mol. The first-order chi connectivity index (χ1) is 10.1. The molecule has 5 nitrogen and oxygen atoms in total. The van der Waals surface area contributed by atoms with Gasteiger partial charge in [0.1, 0.15) is 5.75 Å². The number of benzene rings is 2. The smallest absolute Gasteiger partial charge is 0.259 e. The zero-order valence-corrected chi connectivity index (χ0v) is 11.6. The molecule has 0 fully saturated rings. The van der Waals surface area contributed by atoms with E-state index < -0.39 is 0 Å².